The van der Waals surface area contributed by atoms with Gasteiger partial charge in [0.05, 0.1) is 7.11 Å². The SMILES string of the molecule is CN=C(NCc1ccnc(OC)c1)N1CCC(N(CC2CC2)C(=O)OC(C)(C)C)CC1.I. The molecule has 0 aromatic carbocycles. The number of aliphatic imine (C=N–C) groups is 1. The molecule has 2 fully saturated rings. The van der Waals surface area contributed by atoms with E-state index >= 15 is 0 Å². The predicted molar refractivity (Wildman–Crippen MR) is 137 cm³/mol. The fourth-order valence-corrected chi connectivity index (χ4v) is 3.85. The van der Waals surface area contributed by atoms with E-state index in [1.54, 1.807) is 13.3 Å². The third-order valence-electron chi connectivity index (χ3n) is 5.66. The number of halogens is 1. The van der Waals surface area contributed by atoms with Crippen LogP contribution in [0.25, 0.3) is 0 Å². The van der Waals surface area contributed by atoms with Crippen molar-refractivity contribution >= 4 is 36.0 Å². The number of pyridine rings is 1. The smallest absolute Gasteiger partial charge is 0.410 e. The Morgan fingerprint density at radius 2 is 1.97 bits per heavy atom. The van der Waals surface area contributed by atoms with Crippen molar-refractivity contribution in [3.63, 3.8) is 0 Å². The van der Waals surface area contributed by atoms with Gasteiger partial charge in [0, 0.05) is 51.5 Å². The lowest BCUT2D eigenvalue weighted by Crippen LogP contribution is -2.52. The summed E-state index contributed by atoms with van der Waals surface area (Å²) in [7, 11) is 3.42. The number of piperidine rings is 1. The molecule has 1 aliphatic carbocycles. The van der Waals surface area contributed by atoms with E-state index in [4.69, 9.17) is 9.47 Å². The first-order chi connectivity index (χ1) is 14.8. The summed E-state index contributed by atoms with van der Waals surface area (Å²) in [6.45, 7) is 8.96. The number of hydrogen-bond acceptors (Lipinski definition) is 5. The Labute approximate surface area is 209 Å². The highest BCUT2D eigenvalue weighted by atomic mass is 127. The van der Waals surface area contributed by atoms with Gasteiger partial charge in [-0.15, -0.1) is 24.0 Å². The molecule has 1 aromatic rings. The number of rotatable bonds is 6. The molecule has 0 spiro atoms. The molecule has 8 nitrogen and oxygen atoms in total. The van der Waals surface area contributed by atoms with E-state index in [1.807, 2.05) is 44.9 Å². The molecule has 1 N–H and O–H groups in total. The molecule has 1 saturated carbocycles. The summed E-state index contributed by atoms with van der Waals surface area (Å²) in [6.07, 6.45) is 5.83. The van der Waals surface area contributed by atoms with Gasteiger partial charge in [0.2, 0.25) is 5.88 Å². The van der Waals surface area contributed by atoms with Crippen molar-refractivity contribution in [1.82, 2.24) is 20.1 Å². The minimum absolute atomic E-state index is 0. The number of ether oxygens (including phenoxy) is 2. The minimum Gasteiger partial charge on any atom is -0.481 e. The second kappa shape index (κ2) is 11.9. The molecule has 0 radical (unpaired) electrons. The molecule has 0 atom stereocenters. The van der Waals surface area contributed by atoms with E-state index in [0.29, 0.717) is 18.3 Å². The molecule has 2 heterocycles. The van der Waals surface area contributed by atoms with E-state index in [1.165, 1.54) is 12.8 Å². The third-order valence-corrected chi connectivity index (χ3v) is 5.66. The number of nitrogens with zero attached hydrogens (tertiary/aromatic N) is 4. The van der Waals surface area contributed by atoms with Gasteiger partial charge in [-0.05, 0) is 64.0 Å². The molecule has 1 aliphatic heterocycles. The van der Waals surface area contributed by atoms with Crippen LogP contribution in [0.2, 0.25) is 0 Å². The molecule has 32 heavy (non-hydrogen) atoms. The molecule has 3 rings (SSSR count). The van der Waals surface area contributed by atoms with E-state index in [-0.39, 0.29) is 36.1 Å². The highest BCUT2D eigenvalue weighted by Gasteiger charge is 2.35. The first-order valence-electron chi connectivity index (χ1n) is 11.2. The van der Waals surface area contributed by atoms with Gasteiger partial charge in [-0.25, -0.2) is 9.78 Å². The van der Waals surface area contributed by atoms with Gasteiger partial charge in [0.15, 0.2) is 5.96 Å². The van der Waals surface area contributed by atoms with Crippen LogP contribution in [0.3, 0.4) is 0 Å². The average molecular weight is 559 g/mol. The van der Waals surface area contributed by atoms with Gasteiger partial charge in [-0.2, -0.15) is 0 Å². The number of aromatic nitrogens is 1. The number of hydrogen-bond donors (Lipinski definition) is 1. The van der Waals surface area contributed by atoms with E-state index in [9.17, 15) is 4.79 Å². The van der Waals surface area contributed by atoms with Crippen LogP contribution >= 0.6 is 24.0 Å². The molecule has 1 amide bonds. The third kappa shape index (κ3) is 7.97. The monoisotopic (exact) mass is 559 g/mol. The van der Waals surface area contributed by atoms with Gasteiger partial charge in [-0.1, -0.05) is 0 Å². The maximum absolute atomic E-state index is 12.8. The number of nitrogens with one attached hydrogen (secondary N) is 1. The molecular weight excluding hydrogens is 521 g/mol. The van der Waals surface area contributed by atoms with Gasteiger partial charge < -0.3 is 24.6 Å². The summed E-state index contributed by atoms with van der Waals surface area (Å²) in [5.74, 6) is 2.12. The van der Waals surface area contributed by atoms with Crippen molar-refractivity contribution in [1.29, 1.82) is 0 Å². The first-order valence-corrected chi connectivity index (χ1v) is 11.2. The number of guanidine groups is 1. The zero-order chi connectivity index (χ0) is 22.4. The molecule has 2 aliphatic rings. The number of carbonyl (C=O) groups excluding carboxylic acids is 1. The molecule has 180 valence electrons. The van der Waals surface area contributed by atoms with Crippen LogP contribution in [0.5, 0.6) is 5.88 Å². The Bertz CT molecular complexity index is 771. The van der Waals surface area contributed by atoms with Crippen LogP contribution in [-0.2, 0) is 11.3 Å². The predicted octanol–water partition coefficient (Wildman–Crippen LogP) is 3.90. The van der Waals surface area contributed by atoms with Crippen LogP contribution in [0, 0.1) is 5.92 Å². The maximum Gasteiger partial charge on any atom is 0.410 e. The molecule has 0 unspecified atom stereocenters. The lowest BCUT2D eigenvalue weighted by molar-refractivity contribution is 0.00928. The average Bonchev–Trinajstić information content (AvgIpc) is 3.56. The van der Waals surface area contributed by atoms with Gasteiger partial charge >= 0.3 is 6.09 Å². The Morgan fingerprint density at radius 1 is 1.28 bits per heavy atom. The van der Waals surface area contributed by atoms with Crippen molar-refractivity contribution < 1.29 is 14.3 Å². The van der Waals surface area contributed by atoms with Gasteiger partial charge in [0.1, 0.15) is 5.60 Å². The summed E-state index contributed by atoms with van der Waals surface area (Å²) < 4.78 is 10.9. The van der Waals surface area contributed by atoms with Crippen molar-refractivity contribution in [3.05, 3.63) is 23.9 Å². The molecular formula is C23H38IN5O3. The zero-order valence-electron chi connectivity index (χ0n) is 20.0. The Hall–Kier alpha value is -1.78. The van der Waals surface area contributed by atoms with E-state index < -0.39 is 5.60 Å². The molecule has 0 bridgehead atoms. The van der Waals surface area contributed by atoms with Gasteiger partial charge in [-0.3, -0.25) is 4.99 Å². The lowest BCUT2D eigenvalue weighted by Gasteiger charge is -2.40. The van der Waals surface area contributed by atoms with Crippen LogP contribution < -0.4 is 10.1 Å². The standard InChI is InChI=1S/C23H37N5O3.HI/c1-23(2,3)31-22(29)28(16-17-6-7-17)19-9-12-27(13-10-19)21(24-4)26-15-18-8-11-25-20(14-18)30-5;/h8,11,14,17,19H,6-7,9-10,12-13,15-16H2,1-5H3,(H,24,26);1H. The van der Waals surface area contributed by atoms with Crippen LogP contribution in [-0.4, -0.2) is 72.3 Å². The second-order valence-electron chi connectivity index (χ2n) is 9.40. The van der Waals surface area contributed by atoms with Crippen molar-refractivity contribution in [2.75, 3.05) is 33.8 Å². The summed E-state index contributed by atoms with van der Waals surface area (Å²) in [5.41, 5.74) is 0.615. The van der Waals surface area contributed by atoms with Crippen LogP contribution in [0.1, 0.15) is 52.0 Å². The highest BCUT2D eigenvalue weighted by molar-refractivity contribution is 14.0. The number of likely N-dealkylation sites (tertiary alicyclic amines) is 1. The summed E-state index contributed by atoms with van der Waals surface area (Å²) >= 11 is 0. The largest absolute Gasteiger partial charge is 0.481 e. The molecule has 1 saturated heterocycles. The van der Waals surface area contributed by atoms with Crippen molar-refractivity contribution in [3.8, 4) is 5.88 Å². The molecule has 1 aromatic heterocycles. The topological polar surface area (TPSA) is 79.3 Å². The highest BCUT2D eigenvalue weighted by Crippen LogP contribution is 2.32. The quantitative estimate of drug-likeness (QED) is 0.324. The maximum atomic E-state index is 12.8. The fourth-order valence-electron chi connectivity index (χ4n) is 3.85. The number of amides is 1. The fraction of sp³-hybridized carbons (Fsp3) is 0.696. The zero-order valence-corrected chi connectivity index (χ0v) is 22.3. The summed E-state index contributed by atoms with van der Waals surface area (Å²) in [4.78, 5) is 25.7. The van der Waals surface area contributed by atoms with Crippen molar-refractivity contribution in [2.45, 2.75) is 64.6 Å². The van der Waals surface area contributed by atoms with Gasteiger partial charge in [0.25, 0.3) is 0 Å². The lowest BCUT2D eigenvalue weighted by atomic mass is 10.0. The second-order valence-corrected chi connectivity index (χ2v) is 9.40. The Morgan fingerprint density at radius 3 is 2.53 bits per heavy atom. The number of carbonyl (C=O) groups is 1. The van der Waals surface area contributed by atoms with Crippen LogP contribution in [0.15, 0.2) is 23.3 Å². The summed E-state index contributed by atoms with van der Waals surface area (Å²) in [6, 6.07) is 4.10. The van der Waals surface area contributed by atoms with Crippen molar-refractivity contribution in [2.24, 2.45) is 10.9 Å². The minimum atomic E-state index is -0.471. The Balaban J connectivity index is 0.00000363. The van der Waals surface area contributed by atoms with Crippen LogP contribution in [0.4, 0.5) is 4.79 Å². The first kappa shape index (κ1) is 26.5. The molecule has 9 heteroatoms. The summed E-state index contributed by atoms with van der Waals surface area (Å²) in [5, 5.41) is 3.43. The van der Waals surface area contributed by atoms with E-state index in [0.717, 1.165) is 44.0 Å². The Kier molecular flexibility index (Phi) is 9.84. The normalized spacial score (nSPS) is 17.4. The number of methoxy groups -OCH3 is 1. The van der Waals surface area contributed by atoms with E-state index in [2.05, 4.69) is 20.2 Å².